The van der Waals surface area contributed by atoms with Gasteiger partial charge in [-0.25, -0.2) is 4.98 Å². The van der Waals surface area contributed by atoms with Crippen LogP contribution in [0.2, 0.25) is 0 Å². The second kappa shape index (κ2) is 7.39. The molecule has 3 aromatic rings. The molecule has 1 aliphatic rings. The zero-order valence-corrected chi connectivity index (χ0v) is 15.3. The maximum atomic E-state index is 12.8. The van der Waals surface area contributed by atoms with Crippen molar-refractivity contribution in [2.45, 2.75) is 19.1 Å². The zero-order valence-electron chi connectivity index (χ0n) is 13.6. The number of aromatic nitrogens is 1. The predicted molar refractivity (Wildman–Crippen MR) is 101 cm³/mol. The third kappa shape index (κ3) is 3.63. The summed E-state index contributed by atoms with van der Waals surface area (Å²) in [7, 11) is 0. The number of benzene rings is 2. The molecule has 0 amide bonds. The lowest BCUT2D eigenvalue weighted by Gasteiger charge is -2.22. The molecule has 26 heavy (non-hydrogen) atoms. The quantitative estimate of drug-likeness (QED) is 0.613. The number of halogens is 4. The summed E-state index contributed by atoms with van der Waals surface area (Å²) in [6.07, 6.45) is -1.69. The van der Waals surface area contributed by atoms with E-state index >= 15 is 0 Å². The molecule has 0 saturated carbocycles. The van der Waals surface area contributed by atoms with Gasteiger partial charge >= 0.3 is 6.18 Å². The predicted octanol–water partition coefficient (Wildman–Crippen LogP) is 5.56. The van der Waals surface area contributed by atoms with Gasteiger partial charge in [0.1, 0.15) is 5.01 Å². The van der Waals surface area contributed by atoms with Crippen molar-refractivity contribution in [2.24, 2.45) is 0 Å². The van der Waals surface area contributed by atoms with E-state index in [0.717, 1.165) is 53.3 Å². The summed E-state index contributed by atoms with van der Waals surface area (Å²) >= 11 is 1.56. The average Bonchev–Trinajstić information content (AvgIpc) is 3.15. The van der Waals surface area contributed by atoms with Gasteiger partial charge in [-0.1, -0.05) is 12.1 Å². The summed E-state index contributed by atoms with van der Waals surface area (Å²) in [6.45, 7) is 1.64. The molecule has 1 aliphatic heterocycles. The minimum atomic E-state index is -4.31. The number of fused-ring (bicyclic) bond motifs is 1. The minimum Gasteiger partial charge on any atom is -0.312 e. The summed E-state index contributed by atoms with van der Waals surface area (Å²) in [5.41, 5.74) is 4.59. The Morgan fingerprint density at radius 3 is 2.46 bits per heavy atom. The Hall–Kier alpha value is -1.89. The lowest BCUT2D eigenvalue weighted by atomic mass is 9.89. The molecule has 0 fully saturated rings. The van der Waals surface area contributed by atoms with Gasteiger partial charge in [0.05, 0.1) is 5.56 Å². The van der Waals surface area contributed by atoms with Crippen LogP contribution in [0, 0.1) is 0 Å². The van der Waals surface area contributed by atoms with E-state index < -0.39 is 11.7 Å². The highest BCUT2D eigenvalue weighted by molar-refractivity contribution is 7.13. The molecule has 0 aliphatic carbocycles. The molecule has 0 bridgehead atoms. The smallest absolute Gasteiger partial charge is 0.312 e. The van der Waals surface area contributed by atoms with Crippen LogP contribution < -0.4 is 5.32 Å². The van der Waals surface area contributed by atoms with Gasteiger partial charge in [0.25, 0.3) is 0 Å². The average molecular weight is 397 g/mol. The molecule has 1 aromatic heterocycles. The highest BCUT2D eigenvalue weighted by Crippen LogP contribution is 2.36. The van der Waals surface area contributed by atoms with Crippen LogP contribution >= 0.6 is 23.7 Å². The van der Waals surface area contributed by atoms with Crippen molar-refractivity contribution in [2.75, 3.05) is 6.54 Å². The Balaban J connectivity index is 0.00000196. The zero-order chi connectivity index (χ0) is 17.4. The molecule has 0 saturated heterocycles. The van der Waals surface area contributed by atoms with Crippen molar-refractivity contribution < 1.29 is 13.2 Å². The monoisotopic (exact) mass is 396 g/mol. The summed E-state index contributed by atoms with van der Waals surface area (Å²) in [6, 6.07) is 9.61. The highest BCUT2D eigenvalue weighted by atomic mass is 35.5. The van der Waals surface area contributed by atoms with Crippen LogP contribution in [0.1, 0.15) is 16.7 Å². The Morgan fingerprint density at radius 1 is 1.04 bits per heavy atom. The summed E-state index contributed by atoms with van der Waals surface area (Å²) < 4.78 is 38.5. The largest absolute Gasteiger partial charge is 0.416 e. The maximum Gasteiger partial charge on any atom is 0.416 e. The highest BCUT2D eigenvalue weighted by Gasteiger charge is 2.30. The van der Waals surface area contributed by atoms with Crippen LogP contribution in [0.5, 0.6) is 0 Å². The van der Waals surface area contributed by atoms with Gasteiger partial charge in [0, 0.05) is 23.7 Å². The topological polar surface area (TPSA) is 24.9 Å². The summed E-state index contributed by atoms with van der Waals surface area (Å²) in [5, 5.41) is 6.19. The molecular formula is C19H16ClF3N2S. The Morgan fingerprint density at radius 2 is 1.81 bits per heavy atom. The van der Waals surface area contributed by atoms with E-state index in [2.05, 4.69) is 16.4 Å². The summed E-state index contributed by atoms with van der Waals surface area (Å²) in [5.74, 6) is 0. The SMILES string of the molecule is Cl.FC(F)(F)c1ccc(-c2cc(-c3nccs3)cc3c2CCNC3)cc1. The molecule has 0 radical (unpaired) electrons. The fraction of sp³-hybridized carbons (Fsp3) is 0.211. The Bertz CT molecular complexity index is 890. The Labute approximate surface area is 159 Å². The number of thiazole rings is 1. The number of nitrogens with zero attached hydrogens (tertiary/aromatic N) is 1. The molecule has 2 heterocycles. The minimum absolute atomic E-state index is 0. The van der Waals surface area contributed by atoms with E-state index in [1.165, 1.54) is 11.1 Å². The molecule has 2 nitrogen and oxygen atoms in total. The molecule has 0 atom stereocenters. The van der Waals surface area contributed by atoms with Crippen LogP contribution in [0.15, 0.2) is 48.0 Å². The molecule has 136 valence electrons. The van der Waals surface area contributed by atoms with Gasteiger partial charge in [-0.15, -0.1) is 23.7 Å². The van der Waals surface area contributed by atoms with E-state index in [-0.39, 0.29) is 12.4 Å². The van der Waals surface area contributed by atoms with Gasteiger partial charge in [0.2, 0.25) is 0 Å². The van der Waals surface area contributed by atoms with E-state index in [0.29, 0.717) is 0 Å². The first kappa shape index (κ1) is 18.9. The van der Waals surface area contributed by atoms with E-state index in [4.69, 9.17) is 0 Å². The fourth-order valence-electron chi connectivity index (χ4n) is 3.21. The van der Waals surface area contributed by atoms with Gasteiger partial charge in [-0.2, -0.15) is 13.2 Å². The third-order valence-corrected chi connectivity index (χ3v) is 5.23. The molecule has 0 unspecified atom stereocenters. The standard InChI is InChI=1S/C19H15F3N2S.ClH/c20-19(21,22)15-3-1-12(2-4-15)17-10-13(18-24-7-8-25-18)9-14-11-23-6-5-16(14)17;/h1-4,7-10,23H,5-6,11H2;1H. The van der Waals surface area contributed by atoms with Gasteiger partial charge in [-0.05, 0) is 59.5 Å². The Kier molecular flexibility index (Phi) is 5.37. The van der Waals surface area contributed by atoms with Crippen LogP contribution in [-0.2, 0) is 19.1 Å². The molecular weight excluding hydrogens is 381 g/mol. The second-order valence-corrected chi connectivity index (χ2v) is 6.90. The van der Waals surface area contributed by atoms with Gasteiger partial charge < -0.3 is 5.32 Å². The lowest BCUT2D eigenvalue weighted by molar-refractivity contribution is -0.137. The van der Waals surface area contributed by atoms with Crippen molar-refractivity contribution in [1.29, 1.82) is 0 Å². The molecule has 2 aromatic carbocycles. The van der Waals surface area contributed by atoms with Crippen molar-refractivity contribution in [3.63, 3.8) is 0 Å². The van der Waals surface area contributed by atoms with E-state index in [1.807, 2.05) is 11.4 Å². The van der Waals surface area contributed by atoms with Crippen LogP contribution in [0.25, 0.3) is 21.7 Å². The van der Waals surface area contributed by atoms with Crippen molar-refractivity contribution in [3.8, 4) is 21.7 Å². The molecule has 4 rings (SSSR count). The first-order valence-electron chi connectivity index (χ1n) is 7.96. The lowest BCUT2D eigenvalue weighted by Crippen LogP contribution is -2.24. The number of nitrogens with one attached hydrogen (secondary N) is 1. The summed E-state index contributed by atoms with van der Waals surface area (Å²) in [4.78, 5) is 4.37. The van der Waals surface area contributed by atoms with Crippen LogP contribution in [0.4, 0.5) is 13.2 Å². The number of hydrogen-bond donors (Lipinski definition) is 1. The third-order valence-electron chi connectivity index (χ3n) is 4.41. The fourth-order valence-corrected chi connectivity index (χ4v) is 3.83. The molecule has 7 heteroatoms. The first-order valence-corrected chi connectivity index (χ1v) is 8.84. The van der Waals surface area contributed by atoms with Crippen LogP contribution in [0.3, 0.4) is 0 Å². The first-order chi connectivity index (χ1) is 12.0. The normalized spacial score (nSPS) is 13.8. The second-order valence-electron chi connectivity index (χ2n) is 6.00. The number of rotatable bonds is 2. The van der Waals surface area contributed by atoms with Crippen molar-refractivity contribution in [3.05, 3.63) is 64.7 Å². The molecule has 1 N–H and O–H groups in total. The maximum absolute atomic E-state index is 12.8. The van der Waals surface area contributed by atoms with Crippen molar-refractivity contribution >= 4 is 23.7 Å². The van der Waals surface area contributed by atoms with Gasteiger partial charge in [0.15, 0.2) is 0 Å². The molecule has 0 spiro atoms. The van der Waals surface area contributed by atoms with E-state index in [9.17, 15) is 13.2 Å². The van der Waals surface area contributed by atoms with Crippen LogP contribution in [-0.4, -0.2) is 11.5 Å². The number of hydrogen-bond acceptors (Lipinski definition) is 3. The van der Waals surface area contributed by atoms with Gasteiger partial charge in [-0.3, -0.25) is 0 Å². The number of alkyl halides is 3. The van der Waals surface area contributed by atoms with Crippen molar-refractivity contribution in [1.82, 2.24) is 10.3 Å². The van der Waals surface area contributed by atoms with E-state index in [1.54, 1.807) is 29.7 Å².